The molecule has 0 N–H and O–H groups in total. The van der Waals surface area contributed by atoms with Gasteiger partial charge in [0, 0.05) is 27.8 Å². The van der Waals surface area contributed by atoms with Crippen molar-refractivity contribution in [3.63, 3.8) is 0 Å². The van der Waals surface area contributed by atoms with Crippen LogP contribution in [0.25, 0.3) is 21.9 Å². The van der Waals surface area contributed by atoms with Crippen LogP contribution in [0.15, 0.2) is 119 Å². The zero-order chi connectivity index (χ0) is 22.4. The maximum Gasteiger partial charge on any atom is 0.246 e. The van der Waals surface area contributed by atoms with E-state index in [9.17, 15) is 0 Å². The van der Waals surface area contributed by atoms with Gasteiger partial charge in [0.25, 0.3) is 0 Å². The van der Waals surface area contributed by atoms with E-state index in [0.717, 1.165) is 11.2 Å². The van der Waals surface area contributed by atoms with Crippen LogP contribution in [0.2, 0.25) is 0 Å². The van der Waals surface area contributed by atoms with Crippen LogP contribution in [0.1, 0.15) is 13.8 Å². The van der Waals surface area contributed by atoms with Crippen molar-refractivity contribution in [1.82, 2.24) is 0 Å². The van der Waals surface area contributed by atoms with E-state index in [4.69, 9.17) is 4.42 Å². The molecule has 3 heteroatoms. The third-order valence-electron chi connectivity index (χ3n) is 6.59. The van der Waals surface area contributed by atoms with E-state index >= 15 is 0 Å². The lowest BCUT2D eigenvalue weighted by Gasteiger charge is -2.37. The Hall–Kier alpha value is -3.98. The minimum atomic E-state index is 0.154. The van der Waals surface area contributed by atoms with Crippen molar-refractivity contribution < 1.29 is 4.42 Å². The van der Waals surface area contributed by atoms with Crippen LogP contribution in [0.3, 0.4) is 0 Å². The molecule has 0 atom stereocenters. The minimum Gasteiger partial charge on any atom is -0.456 e. The van der Waals surface area contributed by atoms with Crippen molar-refractivity contribution in [3.8, 4) is 0 Å². The fourth-order valence-corrected chi connectivity index (χ4v) is 5.14. The zero-order valence-electron chi connectivity index (χ0n) is 18.8. The highest BCUT2D eigenvalue weighted by Gasteiger charge is 2.34. The summed E-state index contributed by atoms with van der Waals surface area (Å²) >= 11 is 0. The first-order valence-electron chi connectivity index (χ1n) is 11.4. The molecule has 1 aliphatic heterocycles. The van der Waals surface area contributed by atoms with Gasteiger partial charge in [-0.05, 0) is 55.1 Å². The molecule has 2 heterocycles. The first-order chi connectivity index (χ1) is 16.3. The Bertz CT molecular complexity index is 1510. The van der Waals surface area contributed by atoms with Crippen molar-refractivity contribution in [3.05, 3.63) is 115 Å². The van der Waals surface area contributed by atoms with Crippen LogP contribution >= 0.6 is 0 Å². The lowest BCUT2D eigenvalue weighted by molar-refractivity contribution is 0.669. The quantitative estimate of drug-likeness (QED) is 0.259. The van der Waals surface area contributed by atoms with Gasteiger partial charge in [-0.15, -0.1) is 0 Å². The number of benzene rings is 4. The Balaban J connectivity index is 1.60. The maximum absolute atomic E-state index is 6.10. The second kappa shape index (κ2) is 7.86. The van der Waals surface area contributed by atoms with Crippen molar-refractivity contribution in [1.29, 1.82) is 0 Å². The molecule has 33 heavy (non-hydrogen) atoms. The van der Waals surface area contributed by atoms with Gasteiger partial charge in [0.15, 0.2) is 0 Å². The predicted octanol–water partition coefficient (Wildman–Crippen LogP) is 6.03. The van der Waals surface area contributed by atoms with Crippen molar-refractivity contribution in [2.45, 2.75) is 13.8 Å². The van der Waals surface area contributed by atoms with E-state index < -0.39 is 0 Å². The average molecular weight is 425 g/mol. The highest BCUT2D eigenvalue weighted by atomic mass is 16.3. The highest BCUT2D eigenvalue weighted by Crippen LogP contribution is 2.32. The first kappa shape index (κ1) is 19.7. The van der Waals surface area contributed by atoms with Gasteiger partial charge in [0.05, 0.1) is 0 Å². The molecule has 1 aromatic heterocycles. The van der Waals surface area contributed by atoms with Gasteiger partial charge in [-0.2, -0.15) is 0 Å². The molecule has 0 spiro atoms. The number of hydrogen-bond acceptors (Lipinski definition) is 2. The van der Waals surface area contributed by atoms with Gasteiger partial charge < -0.3 is 9.32 Å². The standard InChI is InChI=1S/C30H24BNO/c1-3-4-11-21(2)32-27-15-8-6-13-25(27)31(26-14-7-9-16-28(26)32)22-18-19-30-24(20-22)23-12-5-10-17-29(23)33-30/h3-20H,1-2H3. The number of para-hydroxylation sites is 3. The van der Waals surface area contributed by atoms with Crippen LogP contribution in [-0.4, -0.2) is 6.71 Å². The molecular weight excluding hydrogens is 401 g/mol. The fourth-order valence-electron chi connectivity index (χ4n) is 5.14. The summed E-state index contributed by atoms with van der Waals surface area (Å²) in [5.74, 6) is 0. The zero-order valence-corrected chi connectivity index (χ0v) is 18.8. The maximum atomic E-state index is 6.10. The summed E-state index contributed by atoms with van der Waals surface area (Å²) in [5.41, 5.74) is 9.45. The van der Waals surface area contributed by atoms with Gasteiger partial charge in [0.1, 0.15) is 11.2 Å². The van der Waals surface area contributed by atoms with Crippen LogP contribution in [-0.2, 0) is 0 Å². The minimum absolute atomic E-state index is 0.154. The van der Waals surface area contributed by atoms with Crippen LogP contribution in [0.5, 0.6) is 0 Å². The Morgan fingerprint density at radius 1 is 0.758 bits per heavy atom. The summed E-state index contributed by atoms with van der Waals surface area (Å²) in [4.78, 5) is 2.38. The SMILES string of the molecule is CC=CC=C(C)N1c2ccccc2B(c2ccc3oc4ccccc4c3c2)c2ccccc21. The molecule has 4 aromatic carbocycles. The fraction of sp³-hybridized carbons (Fsp3) is 0.0667. The molecule has 158 valence electrons. The lowest BCUT2D eigenvalue weighted by atomic mass is 9.35. The van der Waals surface area contributed by atoms with E-state index in [-0.39, 0.29) is 6.71 Å². The Morgan fingerprint density at radius 3 is 2.12 bits per heavy atom. The van der Waals surface area contributed by atoms with E-state index in [1.807, 2.05) is 19.1 Å². The van der Waals surface area contributed by atoms with Crippen LogP contribution in [0, 0.1) is 0 Å². The first-order valence-corrected chi connectivity index (χ1v) is 11.4. The number of allylic oxidation sites excluding steroid dienone is 4. The predicted molar refractivity (Wildman–Crippen MR) is 142 cm³/mol. The van der Waals surface area contributed by atoms with Gasteiger partial charge in [0.2, 0.25) is 6.71 Å². The molecule has 0 saturated carbocycles. The summed E-state index contributed by atoms with van der Waals surface area (Å²) in [7, 11) is 0. The van der Waals surface area contributed by atoms with Gasteiger partial charge >= 0.3 is 0 Å². The molecule has 2 nitrogen and oxygen atoms in total. The van der Waals surface area contributed by atoms with E-state index in [1.165, 1.54) is 44.2 Å². The third-order valence-corrected chi connectivity index (χ3v) is 6.59. The topological polar surface area (TPSA) is 16.4 Å². The molecule has 6 rings (SSSR count). The second-order valence-corrected chi connectivity index (χ2v) is 8.57. The third kappa shape index (κ3) is 3.12. The molecule has 5 aromatic rings. The van der Waals surface area contributed by atoms with Gasteiger partial charge in [-0.3, -0.25) is 0 Å². The van der Waals surface area contributed by atoms with E-state index in [1.54, 1.807) is 0 Å². The van der Waals surface area contributed by atoms with Crippen LogP contribution < -0.4 is 21.3 Å². The smallest absolute Gasteiger partial charge is 0.246 e. The number of rotatable bonds is 3. The molecular formula is C30H24BNO. The van der Waals surface area contributed by atoms with Crippen molar-refractivity contribution >= 4 is 56.4 Å². The average Bonchev–Trinajstić information content (AvgIpc) is 3.23. The van der Waals surface area contributed by atoms with Crippen LogP contribution in [0.4, 0.5) is 11.4 Å². The van der Waals surface area contributed by atoms with Crippen molar-refractivity contribution in [2.75, 3.05) is 4.90 Å². The largest absolute Gasteiger partial charge is 0.456 e. The molecule has 0 saturated heterocycles. The Morgan fingerprint density at radius 2 is 1.39 bits per heavy atom. The molecule has 0 unspecified atom stereocenters. The number of hydrogen-bond donors (Lipinski definition) is 0. The molecule has 0 fully saturated rings. The molecule has 0 aliphatic carbocycles. The molecule has 0 amide bonds. The van der Waals surface area contributed by atoms with E-state index in [2.05, 4.69) is 109 Å². The van der Waals surface area contributed by atoms with Gasteiger partial charge in [-0.1, -0.05) is 84.3 Å². The number of fused-ring (bicyclic) bond motifs is 5. The summed E-state index contributed by atoms with van der Waals surface area (Å²) in [6, 6.07) is 32.5. The summed E-state index contributed by atoms with van der Waals surface area (Å²) in [6.07, 6.45) is 6.35. The molecule has 0 radical (unpaired) electrons. The summed E-state index contributed by atoms with van der Waals surface area (Å²) in [6.45, 7) is 4.38. The monoisotopic (exact) mass is 425 g/mol. The molecule has 0 bridgehead atoms. The normalized spacial score (nSPS) is 13.7. The number of anilines is 2. The number of furan rings is 1. The Labute approximate surface area is 194 Å². The van der Waals surface area contributed by atoms with E-state index in [0.29, 0.717) is 0 Å². The number of nitrogens with zero attached hydrogens (tertiary/aromatic N) is 1. The highest BCUT2D eigenvalue weighted by molar-refractivity contribution is 6.98. The van der Waals surface area contributed by atoms with Crippen molar-refractivity contribution in [2.24, 2.45) is 0 Å². The van der Waals surface area contributed by atoms with Gasteiger partial charge in [-0.25, -0.2) is 0 Å². The Kier molecular flexibility index (Phi) is 4.69. The lowest BCUT2D eigenvalue weighted by Crippen LogP contribution is -2.57. The second-order valence-electron chi connectivity index (χ2n) is 8.57. The molecule has 1 aliphatic rings. The summed E-state index contributed by atoms with van der Waals surface area (Å²) < 4.78 is 6.10. The summed E-state index contributed by atoms with van der Waals surface area (Å²) in [5, 5.41) is 2.34.